The lowest BCUT2D eigenvalue weighted by Gasteiger charge is -2.32. The number of nitrogens with zero attached hydrogens (tertiary/aromatic N) is 3. The van der Waals surface area contributed by atoms with Crippen LogP contribution in [-0.2, 0) is 6.54 Å². The van der Waals surface area contributed by atoms with E-state index in [-0.39, 0.29) is 0 Å². The molecule has 2 rings (SSSR count). The molecule has 0 bridgehead atoms. The summed E-state index contributed by atoms with van der Waals surface area (Å²) in [6.07, 6.45) is 6.14. The predicted octanol–water partition coefficient (Wildman–Crippen LogP) is 3.33. The highest BCUT2D eigenvalue weighted by Crippen LogP contribution is 2.29. The van der Waals surface area contributed by atoms with Crippen LogP contribution < -0.4 is 10.2 Å². The van der Waals surface area contributed by atoms with Gasteiger partial charge in [-0.15, -0.1) is 0 Å². The van der Waals surface area contributed by atoms with E-state index in [1.54, 1.807) is 0 Å². The molecule has 0 aliphatic heterocycles. The van der Waals surface area contributed by atoms with Gasteiger partial charge in [-0.1, -0.05) is 34.1 Å². The van der Waals surface area contributed by atoms with Crippen molar-refractivity contribution in [1.82, 2.24) is 15.3 Å². The van der Waals surface area contributed by atoms with E-state index < -0.39 is 0 Å². The molecule has 1 saturated carbocycles. The zero-order valence-electron chi connectivity index (χ0n) is 14.2. The molecular weight excluding hydrogens is 260 g/mol. The Hall–Kier alpha value is -1.16. The number of hydrogen-bond donors (Lipinski definition) is 1. The van der Waals surface area contributed by atoms with Crippen molar-refractivity contribution >= 4 is 5.69 Å². The van der Waals surface area contributed by atoms with Gasteiger partial charge in [0.05, 0.1) is 17.6 Å². The summed E-state index contributed by atoms with van der Waals surface area (Å²) in [6.45, 7) is 10.6. The van der Waals surface area contributed by atoms with E-state index in [4.69, 9.17) is 4.98 Å². The highest BCUT2D eigenvalue weighted by atomic mass is 15.1. The molecule has 4 nitrogen and oxygen atoms in total. The number of hydrogen-bond acceptors (Lipinski definition) is 4. The van der Waals surface area contributed by atoms with E-state index in [1.165, 1.54) is 24.9 Å². The third-order valence-corrected chi connectivity index (χ3v) is 4.23. The van der Waals surface area contributed by atoms with Gasteiger partial charge in [0.15, 0.2) is 0 Å². The van der Waals surface area contributed by atoms with Gasteiger partial charge in [0.1, 0.15) is 5.82 Å². The average molecular weight is 290 g/mol. The fourth-order valence-corrected chi connectivity index (χ4v) is 2.62. The van der Waals surface area contributed by atoms with Gasteiger partial charge in [-0.3, -0.25) is 0 Å². The number of nitrogens with one attached hydrogen (secondary N) is 1. The van der Waals surface area contributed by atoms with Crippen LogP contribution in [-0.4, -0.2) is 29.6 Å². The van der Waals surface area contributed by atoms with Crippen molar-refractivity contribution in [3.05, 3.63) is 17.7 Å². The van der Waals surface area contributed by atoms with E-state index in [9.17, 15) is 0 Å². The van der Waals surface area contributed by atoms with Crippen molar-refractivity contribution < 1.29 is 0 Å². The second-order valence-corrected chi connectivity index (χ2v) is 6.93. The molecule has 1 aromatic heterocycles. The van der Waals surface area contributed by atoms with E-state index in [1.807, 2.05) is 6.20 Å². The molecule has 1 fully saturated rings. The third kappa shape index (κ3) is 4.40. The lowest BCUT2D eigenvalue weighted by atomic mass is 9.85. The molecule has 0 unspecified atom stereocenters. The number of aromatic nitrogens is 2. The maximum atomic E-state index is 4.80. The fraction of sp³-hybridized carbons (Fsp3) is 0.765. The molecule has 0 radical (unpaired) electrons. The van der Waals surface area contributed by atoms with Crippen molar-refractivity contribution in [3.8, 4) is 0 Å². The Morgan fingerprint density at radius 2 is 2.00 bits per heavy atom. The van der Waals surface area contributed by atoms with Gasteiger partial charge in [-0.25, -0.2) is 9.97 Å². The molecule has 1 heterocycles. The molecule has 0 atom stereocenters. The third-order valence-electron chi connectivity index (χ3n) is 4.23. The zero-order valence-corrected chi connectivity index (χ0v) is 14.2. The Labute approximate surface area is 129 Å². The van der Waals surface area contributed by atoms with Crippen LogP contribution in [0.3, 0.4) is 0 Å². The molecule has 118 valence electrons. The van der Waals surface area contributed by atoms with Crippen LogP contribution in [0.5, 0.6) is 0 Å². The Balaban J connectivity index is 2.15. The van der Waals surface area contributed by atoms with Crippen molar-refractivity contribution in [2.24, 2.45) is 5.92 Å². The first kappa shape index (κ1) is 16.2. The van der Waals surface area contributed by atoms with Gasteiger partial charge in [-0.2, -0.15) is 0 Å². The van der Waals surface area contributed by atoms with Crippen molar-refractivity contribution in [1.29, 1.82) is 0 Å². The highest BCUT2D eigenvalue weighted by molar-refractivity contribution is 5.48. The second kappa shape index (κ2) is 7.21. The minimum atomic E-state index is 0.369. The van der Waals surface area contributed by atoms with Crippen LogP contribution >= 0.6 is 0 Å². The molecule has 0 spiro atoms. The summed E-state index contributed by atoms with van der Waals surface area (Å²) in [5.74, 6) is 2.16. The molecule has 1 aromatic rings. The smallest absolute Gasteiger partial charge is 0.131 e. The molecule has 1 N–H and O–H groups in total. The SMILES string of the molecule is CC(C)NCc1nc(C(C)C)ncc1N(C)CC1CCC1. The van der Waals surface area contributed by atoms with Crippen LogP contribution in [0.4, 0.5) is 5.69 Å². The van der Waals surface area contributed by atoms with Crippen LogP contribution in [0, 0.1) is 5.92 Å². The quantitative estimate of drug-likeness (QED) is 0.836. The summed E-state index contributed by atoms with van der Waals surface area (Å²) in [6, 6.07) is 0.465. The van der Waals surface area contributed by atoms with Gasteiger partial charge in [0, 0.05) is 32.1 Å². The van der Waals surface area contributed by atoms with E-state index in [0.717, 1.165) is 30.5 Å². The fourth-order valence-electron chi connectivity index (χ4n) is 2.62. The first-order valence-electron chi connectivity index (χ1n) is 8.27. The minimum Gasteiger partial charge on any atom is -0.372 e. The van der Waals surface area contributed by atoms with Gasteiger partial charge < -0.3 is 10.2 Å². The lowest BCUT2D eigenvalue weighted by molar-refractivity contribution is 0.321. The van der Waals surface area contributed by atoms with Crippen molar-refractivity contribution in [2.45, 2.75) is 65.5 Å². The maximum Gasteiger partial charge on any atom is 0.131 e. The molecule has 1 aliphatic carbocycles. The van der Waals surface area contributed by atoms with Crippen LogP contribution in [0.1, 0.15) is 64.4 Å². The molecular formula is C17H30N4. The summed E-state index contributed by atoms with van der Waals surface area (Å²) in [4.78, 5) is 11.7. The van der Waals surface area contributed by atoms with E-state index in [0.29, 0.717) is 12.0 Å². The molecule has 0 amide bonds. The first-order valence-corrected chi connectivity index (χ1v) is 8.27. The Morgan fingerprint density at radius 3 is 2.52 bits per heavy atom. The van der Waals surface area contributed by atoms with E-state index >= 15 is 0 Å². The topological polar surface area (TPSA) is 41.1 Å². The summed E-state index contributed by atoms with van der Waals surface area (Å²) >= 11 is 0. The summed E-state index contributed by atoms with van der Waals surface area (Å²) in [5, 5.41) is 3.49. The van der Waals surface area contributed by atoms with Crippen molar-refractivity contribution in [3.63, 3.8) is 0 Å². The molecule has 0 aromatic carbocycles. The van der Waals surface area contributed by atoms with Gasteiger partial charge in [0.25, 0.3) is 0 Å². The van der Waals surface area contributed by atoms with Gasteiger partial charge in [0.2, 0.25) is 0 Å². The summed E-state index contributed by atoms with van der Waals surface area (Å²) < 4.78 is 0. The summed E-state index contributed by atoms with van der Waals surface area (Å²) in [5.41, 5.74) is 2.31. The first-order chi connectivity index (χ1) is 9.97. The van der Waals surface area contributed by atoms with Gasteiger partial charge in [-0.05, 0) is 18.8 Å². The van der Waals surface area contributed by atoms with Crippen molar-refractivity contribution in [2.75, 3.05) is 18.5 Å². The monoisotopic (exact) mass is 290 g/mol. The number of rotatable bonds is 7. The summed E-state index contributed by atoms with van der Waals surface area (Å²) in [7, 11) is 2.17. The standard InChI is InChI=1S/C17H30N4/c1-12(2)17-19-10-16(15(20-17)9-18-13(3)4)21(5)11-14-7-6-8-14/h10,12-14,18H,6-9,11H2,1-5H3. The second-order valence-electron chi connectivity index (χ2n) is 6.93. The molecule has 21 heavy (non-hydrogen) atoms. The molecule has 4 heteroatoms. The Bertz CT molecular complexity index is 452. The average Bonchev–Trinajstić information content (AvgIpc) is 2.39. The largest absolute Gasteiger partial charge is 0.372 e. The lowest BCUT2D eigenvalue weighted by Crippen LogP contribution is -2.31. The molecule has 0 saturated heterocycles. The van der Waals surface area contributed by atoms with Crippen LogP contribution in [0.2, 0.25) is 0 Å². The minimum absolute atomic E-state index is 0.369. The highest BCUT2D eigenvalue weighted by Gasteiger charge is 2.21. The molecule has 1 aliphatic rings. The normalized spacial score (nSPS) is 15.6. The predicted molar refractivity (Wildman–Crippen MR) is 88.7 cm³/mol. The maximum absolute atomic E-state index is 4.80. The Kier molecular flexibility index (Phi) is 5.57. The Morgan fingerprint density at radius 1 is 1.29 bits per heavy atom. The van der Waals surface area contributed by atoms with E-state index in [2.05, 4.69) is 49.9 Å². The van der Waals surface area contributed by atoms with Crippen LogP contribution in [0.25, 0.3) is 0 Å². The number of anilines is 1. The zero-order chi connectivity index (χ0) is 15.4. The van der Waals surface area contributed by atoms with Gasteiger partial charge >= 0.3 is 0 Å². The van der Waals surface area contributed by atoms with Crippen LogP contribution in [0.15, 0.2) is 6.20 Å².